The van der Waals surface area contributed by atoms with E-state index in [2.05, 4.69) is 35.5 Å². The summed E-state index contributed by atoms with van der Waals surface area (Å²) in [5.74, 6) is -0.174. The third kappa shape index (κ3) is 4.74. The number of sulfonamides is 1. The van der Waals surface area contributed by atoms with Crippen molar-refractivity contribution in [1.29, 1.82) is 0 Å². The molecule has 1 aromatic carbocycles. The van der Waals surface area contributed by atoms with Crippen molar-refractivity contribution >= 4 is 15.9 Å². The number of benzene rings is 1. The molecule has 28 heavy (non-hydrogen) atoms. The fraction of sp³-hybridized carbons (Fsp3) is 0.450. The molecule has 1 saturated heterocycles. The van der Waals surface area contributed by atoms with Gasteiger partial charge in [0.2, 0.25) is 10.0 Å². The van der Waals surface area contributed by atoms with Gasteiger partial charge in [0, 0.05) is 31.5 Å². The normalized spacial score (nSPS) is 16.2. The first-order valence-electron chi connectivity index (χ1n) is 9.35. The SMILES string of the molecule is CC(C)(C)c1ccc(S(=O)(=O)NC2CCN(C(=O)c3cnccn3)CC2)cc1. The number of rotatable bonds is 4. The predicted octanol–water partition coefficient (Wildman–Crippen LogP) is 2.36. The van der Waals surface area contributed by atoms with Gasteiger partial charge < -0.3 is 4.90 Å². The molecule has 0 radical (unpaired) electrons. The largest absolute Gasteiger partial charge is 0.337 e. The standard InChI is InChI=1S/C20H26N4O3S/c1-20(2,3)15-4-6-17(7-5-15)28(26,27)23-16-8-12-24(13-9-16)19(25)18-14-21-10-11-22-18/h4-7,10-11,14,16,23H,8-9,12-13H2,1-3H3. The van der Waals surface area contributed by atoms with Gasteiger partial charge in [-0.1, -0.05) is 32.9 Å². The molecule has 7 nitrogen and oxygen atoms in total. The van der Waals surface area contributed by atoms with Crippen LogP contribution < -0.4 is 4.72 Å². The zero-order chi connectivity index (χ0) is 20.4. The molecule has 0 unspecified atom stereocenters. The lowest BCUT2D eigenvalue weighted by atomic mass is 9.87. The van der Waals surface area contributed by atoms with Crippen LogP contribution in [0.4, 0.5) is 0 Å². The van der Waals surface area contributed by atoms with Crippen LogP contribution in [-0.4, -0.2) is 48.3 Å². The van der Waals surface area contributed by atoms with Gasteiger partial charge in [0.25, 0.3) is 5.91 Å². The van der Waals surface area contributed by atoms with Crippen LogP contribution in [0.5, 0.6) is 0 Å². The number of nitrogens with one attached hydrogen (secondary N) is 1. The second-order valence-electron chi connectivity index (χ2n) is 8.05. The van der Waals surface area contributed by atoms with E-state index in [1.54, 1.807) is 17.0 Å². The Bertz CT molecular complexity index is 914. The lowest BCUT2D eigenvalue weighted by Crippen LogP contribution is -2.46. The summed E-state index contributed by atoms with van der Waals surface area (Å²) in [5.41, 5.74) is 1.36. The average molecular weight is 403 g/mol. The summed E-state index contributed by atoms with van der Waals surface area (Å²) in [6.07, 6.45) is 5.57. The Morgan fingerprint density at radius 1 is 1.11 bits per heavy atom. The molecule has 0 aliphatic carbocycles. The topological polar surface area (TPSA) is 92.3 Å². The van der Waals surface area contributed by atoms with Crippen molar-refractivity contribution in [1.82, 2.24) is 19.6 Å². The zero-order valence-corrected chi connectivity index (χ0v) is 17.2. The second kappa shape index (κ2) is 7.97. The Morgan fingerprint density at radius 2 is 1.75 bits per heavy atom. The monoisotopic (exact) mass is 402 g/mol. The van der Waals surface area contributed by atoms with Crippen LogP contribution in [0.1, 0.15) is 49.7 Å². The summed E-state index contributed by atoms with van der Waals surface area (Å²) in [4.78, 5) is 22.3. The van der Waals surface area contributed by atoms with E-state index >= 15 is 0 Å². The third-order valence-electron chi connectivity index (χ3n) is 4.92. The van der Waals surface area contributed by atoms with Crippen LogP contribution in [0, 0.1) is 0 Å². The van der Waals surface area contributed by atoms with Crippen molar-refractivity contribution in [3.8, 4) is 0 Å². The van der Waals surface area contributed by atoms with Gasteiger partial charge in [-0.3, -0.25) is 9.78 Å². The quantitative estimate of drug-likeness (QED) is 0.848. The maximum atomic E-state index is 12.7. The molecule has 150 valence electrons. The van der Waals surface area contributed by atoms with Gasteiger partial charge in [-0.05, 0) is 36.0 Å². The maximum absolute atomic E-state index is 12.7. The number of hydrogen-bond acceptors (Lipinski definition) is 5. The number of carbonyl (C=O) groups excluding carboxylic acids is 1. The van der Waals surface area contributed by atoms with Crippen molar-refractivity contribution in [2.75, 3.05) is 13.1 Å². The highest BCUT2D eigenvalue weighted by Gasteiger charge is 2.28. The van der Waals surface area contributed by atoms with E-state index in [4.69, 9.17) is 0 Å². The van der Waals surface area contributed by atoms with E-state index < -0.39 is 10.0 Å². The number of aromatic nitrogens is 2. The Labute approximate surface area is 166 Å². The van der Waals surface area contributed by atoms with Crippen LogP contribution >= 0.6 is 0 Å². The molecule has 1 amide bonds. The molecule has 0 bridgehead atoms. The Kier molecular flexibility index (Phi) is 5.81. The van der Waals surface area contributed by atoms with Crippen LogP contribution in [0.2, 0.25) is 0 Å². The van der Waals surface area contributed by atoms with Crippen molar-refractivity contribution < 1.29 is 13.2 Å². The summed E-state index contributed by atoms with van der Waals surface area (Å²) in [6, 6.07) is 6.82. The fourth-order valence-corrected chi connectivity index (χ4v) is 4.50. The molecule has 1 N–H and O–H groups in total. The molecule has 3 rings (SSSR count). The van der Waals surface area contributed by atoms with Gasteiger partial charge >= 0.3 is 0 Å². The fourth-order valence-electron chi connectivity index (χ4n) is 3.19. The molecular formula is C20H26N4O3S. The van der Waals surface area contributed by atoms with Crippen LogP contribution in [-0.2, 0) is 15.4 Å². The number of piperidine rings is 1. The number of likely N-dealkylation sites (tertiary alicyclic amines) is 1. The summed E-state index contributed by atoms with van der Waals surface area (Å²) < 4.78 is 28.2. The van der Waals surface area contributed by atoms with Gasteiger partial charge in [-0.15, -0.1) is 0 Å². The van der Waals surface area contributed by atoms with Gasteiger partial charge in [0.15, 0.2) is 0 Å². The summed E-state index contributed by atoms with van der Waals surface area (Å²) in [5, 5.41) is 0. The van der Waals surface area contributed by atoms with E-state index in [1.165, 1.54) is 18.6 Å². The maximum Gasteiger partial charge on any atom is 0.274 e. The first-order valence-corrected chi connectivity index (χ1v) is 10.8. The van der Waals surface area contributed by atoms with E-state index in [0.717, 1.165) is 5.56 Å². The molecule has 0 atom stereocenters. The molecule has 1 aromatic heterocycles. The Balaban J connectivity index is 1.60. The molecule has 1 aliphatic rings. The summed E-state index contributed by atoms with van der Waals surface area (Å²) >= 11 is 0. The highest BCUT2D eigenvalue weighted by atomic mass is 32.2. The summed E-state index contributed by atoms with van der Waals surface area (Å²) in [7, 11) is -3.59. The third-order valence-corrected chi connectivity index (χ3v) is 6.45. The first kappa shape index (κ1) is 20.4. The highest BCUT2D eigenvalue weighted by molar-refractivity contribution is 7.89. The predicted molar refractivity (Wildman–Crippen MR) is 106 cm³/mol. The number of amides is 1. The molecule has 2 aromatic rings. The molecule has 8 heteroatoms. The van der Waals surface area contributed by atoms with E-state index in [1.807, 2.05) is 12.1 Å². The van der Waals surface area contributed by atoms with Crippen LogP contribution in [0.15, 0.2) is 47.8 Å². The minimum absolute atomic E-state index is 0.0295. The van der Waals surface area contributed by atoms with Crippen LogP contribution in [0.3, 0.4) is 0 Å². The van der Waals surface area contributed by atoms with Crippen molar-refractivity contribution in [3.63, 3.8) is 0 Å². The van der Waals surface area contributed by atoms with E-state index in [9.17, 15) is 13.2 Å². The van der Waals surface area contributed by atoms with Gasteiger partial charge in [0.05, 0.1) is 11.1 Å². The Hall–Kier alpha value is -2.32. The minimum atomic E-state index is -3.59. The number of nitrogens with zero attached hydrogens (tertiary/aromatic N) is 3. The van der Waals surface area contributed by atoms with Crippen molar-refractivity contribution in [2.45, 2.75) is 50.0 Å². The molecule has 2 heterocycles. The number of hydrogen-bond donors (Lipinski definition) is 1. The number of carbonyl (C=O) groups is 1. The van der Waals surface area contributed by atoms with Crippen LogP contribution in [0.25, 0.3) is 0 Å². The molecule has 1 aliphatic heterocycles. The lowest BCUT2D eigenvalue weighted by Gasteiger charge is -2.32. The molecule has 0 spiro atoms. The first-order chi connectivity index (χ1) is 13.2. The summed E-state index contributed by atoms with van der Waals surface area (Å²) in [6.45, 7) is 7.22. The highest BCUT2D eigenvalue weighted by Crippen LogP contribution is 2.24. The smallest absolute Gasteiger partial charge is 0.274 e. The molecular weight excluding hydrogens is 376 g/mol. The van der Waals surface area contributed by atoms with Gasteiger partial charge in [0.1, 0.15) is 5.69 Å². The molecule has 1 fully saturated rings. The van der Waals surface area contributed by atoms with E-state index in [-0.39, 0.29) is 22.3 Å². The van der Waals surface area contributed by atoms with Gasteiger partial charge in [-0.2, -0.15) is 0 Å². The lowest BCUT2D eigenvalue weighted by molar-refractivity contribution is 0.0705. The second-order valence-corrected chi connectivity index (χ2v) is 9.77. The minimum Gasteiger partial charge on any atom is -0.337 e. The van der Waals surface area contributed by atoms with Crippen molar-refractivity contribution in [3.05, 3.63) is 54.1 Å². The molecule has 0 saturated carbocycles. The van der Waals surface area contributed by atoms with E-state index in [0.29, 0.717) is 31.6 Å². The van der Waals surface area contributed by atoms with Gasteiger partial charge in [-0.25, -0.2) is 18.1 Å². The zero-order valence-electron chi connectivity index (χ0n) is 16.4. The van der Waals surface area contributed by atoms with Crippen molar-refractivity contribution in [2.24, 2.45) is 0 Å². The average Bonchev–Trinajstić information content (AvgIpc) is 2.68. The Morgan fingerprint density at radius 3 is 2.29 bits per heavy atom.